The summed E-state index contributed by atoms with van der Waals surface area (Å²) in [6, 6.07) is 3.74. The molecule has 7 heteroatoms. The molecule has 2 N–H and O–H groups in total. The number of aliphatic carboxylic acids is 1. The summed E-state index contributed by atoms with van der Waals surface area (Å²) >= 11 is 0. The van der Waals surface area contributed by atoms with Gasteiger partial charge in [0.05, 0.1) is 13.0 Å². The number of methoxy groups -OCH3 is 1. The molecule has 6 nitrogen and oxygen atoms in total. The van der Waals surface area contributed by atoms with Crippen molar-refractivity contribution in [1.29, 1.82) is 0 Å². The van der Waals surface area contributed by atoms with E-state index in [-0.39, 0.29) is 25.0 Å². The lowest BCUT2D eigenvalue weighted by Crippen LogP contribution is -2.49. The van der Waals surface area contributed by atoms with E-state index in [0.717, 1.165) is 0 Å². The molecule has 1 aliphatic rings. The molecule has 0 radical (unpaired) electrons. The van der Waals surface area contributed by atoms with Crippen LogP contribution in [0.15, 0.2) is 18.2 Å². The minimum Gasteiger partial charge on any atom is -0.496 e. The summed E-state index contributed by atoms with van der Waals surface area (Å²) in [6.45, 7) is 2.73. The van der Waals surface area contributed by atoms with E-state index in [0.29, 0.717) is 24.3 Å². The molecule has 2 atom stereocenters. The van der Waals surface area contributed by atoms with Crippen molar-refractivity contribution in [3.63, 3.8) is 0 Å². The highest BCUT2D eigenvalue weighted by Crippen LogP contribution is 2.22. The molecule has 1 saturated heterocycles. The van der Waals surface area contributed by atoms with Crippen molar-refractivity contribution < 1.29 is 23.8 Å². The van der Waals surface area contributed by atoms with Crippen LogP contribution in [0.1, 0.15) is 18.9 Å². The fraction of sp³-hybridized carbons (Fsp3) is 0.500. The molecule has 1 aromatic rings. The fourth-order valence-electron chi connectivity index (χ4n) is 2.86. The van der Waals surface area contributed by atoms with Crippen LogP contribution in [0, 0.1) is 17.7 Å². The van der Waals surface area contributed by atoms with E-state index in [1.165, 1.54) is 30.2 Å². The standard InChI is InChI=1S/C16H21FN2O4/c1-10-5-12(15(20)21)9-19(8-10)16(22)18-7-11-6-13(17)3-4-14(11)23-2/h3-4,6,10,12H,5,7-9H2,1-2H3,(H,18,22)(H,20,21). The number of halogens is 1. The Labute approximate surface area is 134 Å². The number of benzene rings is 1. The Balaban J connectivity index is 1.99. The Morgan fingerprint density at radius 1 is 1.43 bits per heavy atom. The first-order valence-electron chi connectivity index (χ1n) is 7.48. The molecule has 0 spiro atoms. The molecule has 1 heterocycles. The number of piperidine rings is 1. The van der Waals surface area contributed by atoms with Crippen LogP contribution in [0.5, 0.6) is 5.75 Å². The van der Waals surface area contributed by atoms with E-state index in [1.54, 1.807) is 0 Å². The molecule has 0 bridgehead atoms. The normalized spacial score (nSPS) is 20.9. The van der Waals surface area contributed by atoms with Crippen LogP contribution in [0.3, 0.4) is 0 Å². The van der Waals surface area contributed by atoms with Gasteiger partial charge in [-0.05, 0) is 30.5 Å². The van der Waals surface area contributed by atoms with Crippen molar-refractivity contribution >= 4 is 12.0 Å². The summed E-state index contributed by atoms with van der Waals surface area (Å²) in [5.74, 6) is -1.23. The van der Waals surface area contributed by atoms with Gasteiger partial charge in [-0.2, -0.15) is 0 Å². The van der Waals surface area contributed by atoms with Crippen molar-refractivity contribution in [3.05, 3.63) is 29.6 Å². The number of nitrogens with one attached hydrogen (secondary N) is 1. The predicted molar refractivity (Wildman–Crippen MR) is 81.7 cm³/mol. The van der Waals surface area contributed by atoms with E-state index in [9.17, 15) is 14.0 Å². The number of hydrogen-bond acceptors (Lipinski definition) is 3. The second-order valence-electron chi connectivity index (χ2n) is 5.90. The van der Waals surface area contributed by atoms with Gasteiger partial charge in [0.2, 0.25) is 0 Å². The lowest BCUT2D eigenvalue weighted by atomic mass is 9.91. The highest BCUT2D eigenvalue weighted by molar-refractivity contribution is 5.76. The summed E-state index contributed by atoms with van der Waals surface area (Å²) in [5.41, 5.74) is 0.528. The van der Waals surface area contributed by atoms with Gasteiger partial charge in [0.25, 0.3) is 0 Å². The SMILES string of the molecule is COc1ccc(F)cc1CNC(=O)N1CC(C)CC(C(=O)O)C1. The van der Waals surface area contributed by atoms with Gasteiger partial charge >= 0.3 is 12.0 Å². The lowest BCUT2D eigenvalue weighted by Gasteiger charge is -2.34. The highest BCUT2D eigenvalue weighted by Gasteiger charge is 2.31. The van der Waals surface area contributed by atoms with Crippen molar-refractivity contribution in [3.8, 4) is 5.75 Å². The number of carboxylic acid groups (broad SMARTS) is 1. The summed E-state index contributed by atoms with van der Waals surface area (Å²) in [6.07, 6.45) is 0.566. The number of likely N-dealkylation sites (tertiary alicyclic amines) is 1. The van der Waals surface area contributed by atoms with Crippen LogP contribution in [-0.2, 0) is 11.3 Å². The third-order valence-electron chi connectivity index (χ3n) is 3.97. The van der Waals surface area contributed by atoms with Gasteiger partial charge in [-0.25, -0.2) is 9.18 Å². The number of rotatable bonds is 4. The second kappa shape index (κ2) is 7.30. The maximum Gasteiger partial charge on any atom is 0.317 e. The average molecular weight is 324 g/mol. The minimum atomic E-state index is -0.888. The average Bonchev–Trinajstić information content (AvgIpc) is 2.52. The van der Waals surface area contributed by atoms with E-state index >= 15 is 0 Å². The van der Waals surface area contributed by atoms with Gasteiger partial charge in [-0.3, -0.25) is 4.79 Å². The summed E-state index contributed by atoms with van der Waals surface area (Å²) in [7, 11) is 1.47. The Morgan fingerprint density at radius 2 is 2.17 bits per heavy atom. The molecule has 2 amide bonds. The zero-order valence-electron chi connectivity index (χ0n) is 13.2. The topological polar surface area (TPSA) is 78.9 Å². The Morgan fingerprint density at radius 3 is 2.83 bits per heavy atom. The molecule has 1 fully saturated rings. The van der Waals surface area contributed by atoms with Gasteiger partial charge in [0, 0.05) is 25.2 Å². The Kier molecular flexibility index (Phi) is 5.41. The molecule has 0 aromatic heterocycles. The first-order chi connectivity index (χ1) is 10.9. The monoisotopic (exact) mass is 324 g/mol. The van der Waals surface area contributed by atoms with Crippen LogP contribution in [0.2, 0.25) is 0 Å². The highest BCUT2D eigenvalue weighted by atomic mass is 19.1. The second-order valence-corrected chi connectivity index (χ2v) is 5.90. The molecule has 2 unspecified atom stereocenters. The first kappa shape index (κ1) is 17.1. The smallest absolute Gasteiger partial charge is 0.317 e. The van der Waals surface area contributed by atoms with Crippen LogP contribution < -0.4 is 10.1 Å². The van der Waals surface area contributed by atoms with Crippen LogP contribution in [0.25, 0.3) is 0 Å². The molecule has 23 heavy (non-hydrogen) atoms. The van der Waals surface area contributed by atoms with Gasteiger partial charge in [-0.15, -0.1) is 0 Å². The van der Waals surface area contributed by atoms with Crippen molar-refractivity contribution in [1.82, 2.24) is 10.2 Å². The zero-order valence-corrected chi connectivity index (χ0v) is 13.2. The molecule has 1 aromatic carbocycles. The van der Waals surface area contributed by atoms with Crippen LogP contribution in [-0.4, -0.2) is 42.2 Å². The zero-order chi connectivity index (χ0) is 17.0. The van der Waals surface area contributed by atoms with E-state index in [4.69, 9.17) is 9.84 Å². The number of carboxylic acids is 1. The number of amides is 2. The summed E-state index contributed by atoms with van der Waals surface area (Å²) in [5, 5.41) is 11.8. The van der Waals surface area contributed by atoms with E-state index in [2.05, 4.69) is 5.32 Å². The van der Waals surface area contributed by atoms with Crippen molar-refractivity contribution in [2.24, 2.45) is 11.8 Å². The molecular formula is C16H21FN2O4. The summed E-state index contributed by atoms with van der Waals surface area (Å²) < 4.78 is 18.4. The number of ether oxygens (including phenoxy) is 1. The number of carbonyl (C=O) groups is 2. The van der Waals surface area contributed by atoms with Gasteiger partial charge in [-0.1, -0.05) is 6.92 Å². The number of nitrogens with zero attached hydrogens (tertiary/aromatic N) is 1. The van der Waals surface area contributed by atoms with Gasteiger partial charge in [0.1, 0.15) is 11.6 Å². The first-order valence-corrected chi connectivity index (χ1v) is 7.48. The molecule has 0 aliphatic carbocycles. The van der Waals surface area contributed by atoms with Crippen LogP contribution in [0.4, 0.5) is 9.18 Å². The van der Waals surface area contributed by atoms with Gasteiger partial charge < -0.3 is 20.1 Å². The molecule has 0 saturated carbocycles. The van der Waals surface area contributed by atoms with E-state index < -0.39 is 17.7 Å². The Bertz CT molecular complexity index is 593. The number of carbonyl (C=O) groups excluding carboxylic acids is 1. The fourth-order valence-corrected chi connectivity index (χ4v) is 2.86. The lowest BCUT2D eigenvalue weighted by molar-refractivity contribution is -0.143. The van der Waals surface area contributed by atoms with Crippen molar-refractivity contribution in [2.75, 3.05) is 20.2 Å². The number of urea groups is 1. The molecule has 2 rings (SSSR count). The maximum absolute atomic E-state index is 13.3. The molecular weight excluding hydrogens is 303 g/mol. The largest absolute Gasteiger partial charge is 0.496 e. The molecule has 126 valence electrons. The quantitative estimate of drug-likeness (QED) is 0.889. The Hall–Kier alpha value is -2.31. The van der Waals surface area contributed by atoms with Crippen molar-refractivity contribution in [2.45, 2.75) is 19.9 Å². The predicted octanol–water partition coefficient (Wildman–Crippen LogP) is 2.09. The third kappa shape index (κ3) is 4.34. The number of hydrogen-bond donors (Lipinski definition) is 2. The van der Waals surface area contributed by atoms with E-state index in [1.807, 2.05) is 6.92 Å². The summed E-state index contributed by atoms with van der Waals surface area (Å²) in [4.78, 5) is 24.9. The van der Waals surface area contributed by atoms with Gasteiger partial charge in [0.15, 0.2) is 0 Å². The third-order valence-corrected chi connectivity index (χ3v) is 3.97. The maximum atomic E-state index is 13.3. The minimum absolute atomic E-state index is 0.113. The van der Waals surface area contributed by atoms with Crippen LogP contribution >= 0.6 is 0 Å². The molecule has 1 aliphatic heterocycles.